The fraction of sp³-hybridized carbons (Fsp3) is 0.217. The van der Waals surface area contributed by atoms with Crippen LogP contribution in [0.2, 0.25) is 10.0 Å². The van der Waals surface area contributed by atoms with Gasteiger partial charge < -0.3 is 4.74 Å². The van der Waals surface area contributed by atoms with Gasteiger partial charge in [0.25, 0.3) is 5.78 Å². The number of esters is 1. The van der Waals surface area contributed by atoms with Crippen molar-refractivity contribution in [3.8, 4) is 0 Å². The second kappa shape index (κ2) is 10.5. The Morgan fingerprint density at radius 1 is 1.21 bits per heavy atom. The summed E-state index contributed by atoms with van der Waals surface area (Å²) in [6, 6.07) is 13.6. The van der Waals surface area contributed by atoms with E-state index in [2.05, 4.69) is 15.1 Å². The van der Waals surface area contributed by atoms with Crippen LogP contribution in [0.25, 0.3) is 5.78 Å². The second-order valence-corrected chi connectivity index (χ2v) is 8.89. The predicted octanol–water partition coefficient (Wildman–Crippen LogP) is 5.75. The highest BCUT2D eigenvalue weighted by Crippen LogP contribution is 2.29. The summed E-state index contributed by atoms with van der Waals surface area (Å²) in [4.78, 5) is 21.6. The summed E-state index contributed by atoms with van der Waals surface area (Å²) in [6.45, 7) is 1.90. The number of hydrogen-bond acceptors (Lipinski definition) is 6. The Balaban J connectivity index is 1.67. The van der Waals surface area contributed by atoms with Gasteiger partial charge in [-0.25, -0.2) is 9.37 Å². The topological polar surface area (TPSA) is 69.4 Å². The molecule has 0 unspecified atom stereocenters. The van der Waals surface area contributed by atoms with Crippen molar-refractivity contribution in [3.63, 3.8) is 0 Å². The minimum absolute atomic E-state index is 0.00824. The zero-order valence-electron chi connectivity index (χ0n) is 17.5. The third-order valence-corrected chi connectivity index (χ3v) is 6.40. The van der Waals surface area contributed by atoms with Crippen molar-refractivity contribution in [1.29, 1.82) is 0 Å². The molecule has 0 bridgehead atoms. The van der Waals surface area contributed by atoms with Crippen molar-refractivity contribution < 1.29 is 13.9 Å². The van der Waals surface area contributed by atoms with Crippen molar-refractivity contribution in [2.24, 2.45) is 0 Å². The maximum Gasteiger partial charge on any atom is 0.315 e. The largest absolute Gasteiger partial charge is 0.465 e. The molecule has 1 atom stereocenters. The molecule has 4 rings (SSSR count). The molecule has 0 spiro atoms. The summed E-state index contributed by atoms with van der Waals surface area (Å²) in [7, 11) is 0. The van der Waals surface area contributed by atoms with Crippen molar-refractivity contribution in [1.82, 2.24) is 19.6 Å². The summed E-state index contributed by atoms with van der Waals surface area (Å²) in [5.74, 6) is -0.905. The number of rotatable bonds is 8. The van der Waals surface area contributed by atoms with Crippen LogP contribution in [-0.2, 0) is 21.7 Å². The molecule has 2 heterocycles. The van der Waals surface area contributed by atoms with Gasteiger partial charge in [-0.2, -0.15) is 9.50 Å². The third kappa shape index (κ3) is 5.46. The molecule has 0 amide bonds. The van der Waals surface area contributed by atoms with Gasteiger partial charge in [0.1, 0.15) is 11.7 Å². The van der Waals surface area contributed by atoms with Crippen LogP contribution in [-0.4, -0.2) is 32.2 Å². The van der Waals surface area contributed by atoms with Crippen LogP contribution >= 0.6 is 35.0 Å². The Hall–Kier alpha value is -2.68. The van der Waals surface area contributed by atoms with Gasteiger partial charge in [0.05, 0.1) is 12.3 Å². The molecule has 170 valence electrons. The lowest BCUT2D eigenvalue weighted by Gasteiger charge is -2.17. The summed E-state index contributed by atoms with van der Waals surface area (Å²) < 4.78 is 21.3. The predicted molar refractivity (Wildman–Crippen MR) is 126 cm³/mol. The first-order valence-corrected chi connectivity index (χ1v) is 11.9. The average Bonchev–Trinajstić information content (AvgIpc) is 3.21. The lowest BCUT2D eigenvalue weighted by atomic mass is 9.95. The molecular weight excluding hydrogens is 486 g/mol. The molecule has 33 heavy (non-hydrogen) atoms. The summed E-state index contributed by atoms with van der Waals surface area (Å²) in [5.41, 5.74) is 1.75. The first-order chi connectivity index (χ1) is 16.0. The zero-order valence-corrected chi connectivity index (χ0v) is 19.9. The lowest BCUT2D eigenvalue weighted by Crippen LogP contribution is -2.22. The van der Waals surface area contributed by atoms with Crippen LogP contribution in [0.15, 0.2) is 59.9 Å². The van der Waals surface area contributed by atoms with E-state index in [0.717, 1.165) is 5.56 Å². The van der Waals surface area contributed by atoms with Gasteiger partial charge in [-0.15, -0.1) is 5.10 Å². The number of ether oxygens (including phenoxy) is 1. The van der Waals surface area contributed by atoms with Gasteiger partial charge >= 0.3 is 5.97 Å². The van der Waals surface area contributed by atoms with E-state index < -0.39 is 17.7 Å². The Morgan fingerprint density at radius 3 is 2.79 bits per heavy atom. The number of nitrogens with zero attached hydrogens (tertiary/aromatic N) is 4. The van der Waals surface area contributed by atoms with E-state index >= 15 is 0 Å². The minimum atomic E-state index is -0.850. The van der Waals surface area contributed by atoms with Crippen LogP contribution in [0, 0.1) is 5.82 Å². The smallest absolute Gasteiger partial charge is 0.315 e. The summed E-state index contributed by atoms with van der Waals surface area (Å²) in [6.07, 6.45) is 1.55. The quantitative estimate of drug-likeness (QED) is 0.224. The first kappa shape index (κ1) is 23.5. The number of carbonyl (C=O) groups is 1. The maximum absolute atomic E-state index is 14.5. The van der Waals surface area contributed by atoms with E-state index in [1.807, 2.05) is 24.3 Å². The molecule has 10 heteroatoms. The highest BCUT2D eigenvalue weighted by molar-refractivity contribution is 7.98. The number of halogens is 3. The fourth-order valence-corrected chi connectivity index (χ4v) is 4.59. The van der Waals surface area contributed by atoms with Gasteiger partial charge in [0.2, 0.25) is 5.16 Å². The molecular formula is C23H19Cl2FN4O2S. The number of fused-ring (bicyclic) bond motifs is 1. The van der Waals surface area contributed by atoms with Gasteiger partial charge in [0, 0.05) is 27.6 Å². The molecule has 2 aromatic heterocycles. The Bertz CT molecular complexity index is 1280. The highest BCUT2D eigenvalue weighted by Gasteiger charge is 2.28. The first-order valence-electron chi connectivity index (χ1n) is 10.1. The minimum Gasteiger partial charge on any atom is -0.465 e. The van der Waals surface area contributed by atoms with E-state index in [0.29, 0.717) is 27.4 Å². The Morgan fingerprint density at radius 2 is 2.03 bits per heavy atom. The average molecular weight is 505 g/mol. The molecule has 0 saturated heterocycles. The van der Waals surface area contributed by atoms with Crippen molar-refractivity contribution >= 4 is 46.7 Å². The standard InChI is InChI=1S/C23H19Cl2FN4O2S/c1-2-32-21(31)17(12-16-18(25)7-4-8-19(16)26)20-9-10-27-22-28-23(29-30(20)22)33-13-14-5-3-6-15(24)11-14/h3-11,17H,2,12-13H2,1H3/t17-/m0/s1. The maximum atomic E-state index is 14.5. The van der Waals surface area contributed by atoms with Gasteiger partial charge in [-0.05, 0) is 49.2 Å². The van der Waals surface area contributed by atoms with Crippen LogP contribution in [0.3, 0.4) is 0 Å². The van der Waals surface area contributed by atoms with Crippen molar-refractivity contribution in [2.75, 3.05) is 6.61 Å². The van der Waals surface area contributed by atoms with Gasteiger partial charge in [-0.3, -0.25) is 4.79 Å². The molecule has 0 radical (unpaired) electrons. The number of aromatic nitrogens is 4. The van der Waals surface area contributed by atoms with Crippen molar-refractivity contribution in [3.05, 3.63) is 87.4 Å². The molecule has 0 saturated carbocycles. The van der Waals surface area contributed by atoms with Crippen LogP contribution in [0.5, 0.6) is 0 Å². The monoisotopic (exact) mass is 504 g/mol. The summed E-state index contributed by atoms with van der Waals surface area (Å²) >= 11 is 13.7. The van der Waals surface area contributed by atoms with E-state index in [4.69, 9.17) is 27.9 Å². The molecule has 0 N–H and O–H groups in total. The van der Waals surface area contributed by atoms with E-state index in [1.54, 1.807) is 25.3 Å². The summed E-state index contributed by atoms with van der Waals surface area (Å²) in [5, 5.41) is 5.92. The molecule has 0 aliphatic carbocycles. The number of hydrogen-bond donors (Lipinski definition) is 0. The van der Waals surface area contributed by atoms with E-state index in [1.165, 1.54) is 28.4 Å². The lowest BCUT2D eigenvalue weighted by molar-refractivity contribution is -0.145. The highest BCUT2D eigenvalue weighted by atomic mass is 35.5. The number of thioether (sulfide) groups is 1. The number of carbonyl (C=O) groups excluding carboxylic acids is 1. The van der Waals surface area contributed by atoms with E-state index in [9.17, 15) is 9.18 Å². The van der Waals surface area contributed by atoms with Gasteiger partial charge in [-0.1, -0.05) is 53.2 Å². The van der Waals surface area contributed by atoms with Crippen LogP contribution in [0.4, 0.5) is 4.39 Å². The van der Waals surface area contributed by atoms with Crippen molar-refractivity contribution in [2.45, 2.75) is 30.2 Å². The molecule has 4 aromatic rings. The van der Waals surface area contributed by atoms with E-state index in [-0.39, 0.29) is 23.6 Å². The van der Waals surface area contributed by atoms with Gasteiger partial charge in [0.15, 0.2) is 0 Å². The van der Waals surface area contributed by atoms with Crippen LogP contribution < -0.4 is 0 Å². The zero-order chi connectivity index (χ0) is 23.4. The normalized spacial score (nSPS) is 12.1. The third-order valence-electron chi connectivity index (χ3n) is 4.91. The molecule has 2 aromatic carbocycles. The second-order valence-electron chi connectivity index (χ2n) is 7.10. The van der Waals surface area contributed by atoms with Crippen LogP contribution in [0.1, 0.15) is 29.7 Å². The fourth-order valence-electron chi connectivity index (χ4n) is 3.38. The molecule has 0 aliphatic heterocycles. The Labute approximate surface area is 204 Å². The number of benzene rings is 2. The molecule has 0 fully saturated rings. The molecule has 6 nitrogen and oxygen atoms in total. The Kier molecular flexibility index (Phi) is 7.47. The SMILES string of the molecule is CCOC(=O)[C@@H](Cc1c(F)cccc1Cl)c1ccnc2nc(SCc3cccc(Cl)c3)nn12. The molecule has 0 aliphatic rings.